The summed E-state index contributed by atoms with van der Waals surface area (Å²) in [7, 11) is 0.714. The van der Waals surface area contributed by atoms with Gasteiger partial charge in [-0.1, -0.05) is 30.3 Å². The Balaban J connectivity index is 1.54. The summed E-state index contributed by atoms with van der Waals surface area (Å²) in [6.45, 7) is 2.03. The Hall–Kier alpha value is -3.97. The van der Waals surface area contributed by atoms with E-state index in [9.17, 15) is 23.4 Å². The molecule has 0 bridgehead atoms. The molecule has 4 rings (SSSR count). The van der Waals surface area contributed by atoms with Gasteiger partial charge in [0, 0.05) is 14.0 Å². The van der Waals surface area contributed by atoms with E-state index < -0.39 is 63.0 Å². The highest BCUT2D eigenvalue weighted by molar-refractivity contribution is 7.87. The van der Waals surface area contributed by atoms with Gasteiger partial charge in [0.25, 0.3) is 5.91 Å². The molecule has 2 heterocycles. The lowest BCUT2D eigenvalue weighted by Crippen LogP contribution is -2.72. The third-order valence-electron chi connectivity index (χ3n) is 6.70. The summed E-state index contributed by atoms with van der Waals surface area (Å²) < 4.78 is 38.9. The van der Waals surface area contributed by atoms with Crippen LogP contribution in [-0.2, 0) is 50.8 Å². The maximum Gasteiger partial charge on any atom is 0.331 e. The van der Waals surface area contributed by atoms with Gasteiger partial charge in [0.05, 0.1) is 17.9 Å². The van der Waals surface area contributed by atoms with Crippen LogP contribution in [0.1, 0.15) is 19.4 Å². The Morgan fingerprint density at radius 1 is 1.05 bits per heavy atom. The number of β-lactam (4-membered cyclic amide) rings is 1. The van der Waals surface area contributed by atoms with Crippen molar-refractivity contribution in [3.63, 3.8) is 0 Å². The zero-order valence-corrected chi connectivity index (χ0v) is 23.2. The number of benzene rings is 2. The van der Waals surface area contributed by atoms with Crippen molar-refractivity contribution in [3.05, 3.63) is 60.2 Å². The minimum atomic E-state index is -2.04. The molecule has 0 saturated carbocycles. The Morgan fingerprint density at radius 2 is 1.73 bits per heavy atom. The number of ether oxygens (including phenoxy) is 5. The molecule has 214 valence electrons. The van der Waals surface area contributed by atoms with Crippen LogP contribution in [0.2, 0.25) is 0 Å². The Kier molecular flexibility index (Phi) is 8.74. The lowest BCUT2D eigenvalue weighted by Gasteiger charge is -2.43. The number of nitrogens with zero attached hydrogens (tertiary/aromatic N) is 1. The monoisotopic (exact) mass is 574 g/mol. The summed E-state index contributed by atoms with van der Waals surface area (Å²) in [5, 5.41) is 1.45. The molecular formula is C27H30N2O10S. The van der Waals surface area contributed by atoms with Gasteiger partial charge in [-0.05, 0) is 36.8 Å². The molecule has 0 radical (unpaired) electrons. The molecular weight excluding hydrogens is 544 g/mol. The quantitative estimate of drug-likeness (QED) is 0.233. The number of esters is 2. The molecule has 2 fully saturated rings. The number of para-hydroxylation sites is 1. The van der Waals surface area contributed by atoms with Gasteiger partial charge < -0.3 is 33.9 Å². The van der Waals surface area contributed by atoms with Crippen molar-refractivity contribution in [2.24, 2.45) is 0 Å². The second-order valence-corrected chi connectivity index (χ2v) is 11.3. The molecule has 2 saturated heterocycles. The van der Waals surface area contributed by atoms with E-state index >= 15 is 0 Å². The lowest BCUT2D eigenvalue weighted by molar-refractivity contribution is -0.188. The first-order valence-electron chi connectivity index (χ1n) is 12.3. The summed E-state index contributed by atoms with van der Waals surface area (Å²) in [4.78, 5) is 52.2. The highest BCUT2D eigenvalue weighted by atomic mass is 32.2. The Bertz CT molecular complexity index is 1290. The summed E-state index contributed by atoms with van der Waals surface area (Å²) in [5.41, 5.74) is 0.647. The van der Waals surface area contributed by atoms with Crippen molar-refractivity contribution in [1.82, 2.24) is 10.2 Å². The van der Waals surface area contributed by atoms with Crippen LogP contribution in [0, 0.1) is 0 Å². The van der Waals surface area contributed by atoms with Gasteiger partial charge in [-0.25, -0.2) is 4.79 Å². The van der Waals surface area contributed by atoms with Crippen LogP contribution in [0.15, 0.2) is 54.6 Å². The lowest BCUT2D eigenvalue weighted by atomic mass is 9.93. The Morgan fingerprint density at radius 3 is 2.33 bits per heavy atom. The number of amides is 2. The summed E-state index contributed by atoms with van der Waals surface area (Å²) in [6.07, 6.45) is -1.46. The van der Waals surface area contributed by atoms with Crippen LogP contribution < -0.4 is 14.8 Å². The van der Waals surface area contributed by atoms with Gasteiger partial charge in [-0.15, -0.1) is 0 Å². The third kappa shape index (κ3) is 5.52. The van der Waals surface area contributed by atoms with Crippen molar-refractivity contribution in [3.8, 4) is 11.5 Å². The molecule has 13 heteroatoms. The van der Waals surface area contributed by atoms with Gasteiger partial charge in [-0.3, -0.25) is 18.6 Å². The number of nitrogens with one attached hydrogen (secondary N) is 1. The van der Waals surface area contributed by atoms with E-state index in [1.807, 2.05) is 0 Å². The number of fused-ring (bicyclic) bond motifs is 1. The summed E-state index contributed by atoms with van der Waals surface area (Å²) in [6, 6.07) is 12.8. The van der Waals surface area contributed by atoms with Crippen LogP contribution in [0.4, 0.5) is 0 Å². The van der Waals surface area contributed by atoms with E-state index in [4.69, 9.17) is 23.7 Å². The van der Waals surface area contributed by atoms with Crippen molar-refractivity contribution in [1.29, 1.82) is 0 Å². The molecule has 0 aliphatic carbocycles. The first-order chi connectivity index (χ1) is 19.1. The first-order valence-corrected chi connectivity index (χ1v) is 13.5. The van der Waals surface area contributed by atoms with Crippen molar-refractivity contribution >= 4 is 34.6 Å². The average molecular weight is 575 g/mol. The van der Waals surface area contributed by atoms with E-state index in [-0.39, 0.29) is 13.2 Å². The number of carbonyl (C=O) groups is 4. The van der Waals surface area contributed by atoms with Gasteiger partial charge in [0.2, 0.25) is 12.2 Å². The molecule has 0 spiro atoms. The summed E-state index contributed by atoms with van der Waals surface area (Å²) >= 11 is 0. The zero-order valence-electron chi connectivity index (χ0n) is 22.4. The van der Waals surface area contributed by atoms with E-state index in [0.717, 1.165) is 11.8 Å². The van der Waals surface area contributed by atoms with Crippen LogP contribution >= 0.6 is 0 Å². The molecule has 1 N–H and O–H groups in total. The fraction of sp³-hybridized carbons (Fsp3) is 0.407. The van der Waals surface area contributed by atoms with Gasteiger partial charge in [0.1, 0.15) is 34.3 Å². The van der Waals surface area contributed by atoms with E-state index in [1.54, 1.807) is 54.6 Å². The highest BCUT2D eigenvalue weighted by Crippen LogP contribution is 2.47. The number of hydrogen-bond donors (Lipinski definition) is 1. The van der Waals surface area contributed by atoms with Crippen LogP contribution in [0.5, 0.6) is 11.5 Å². The molecule has 6 atom stereocenters. The Labute approximate surface area is 233 Å². The van der Waals surface area contributed by atoms with E-state index in [0.29, 0.717) is 17.1 Å². The first kappa shape index (κ1) is 29.0. The minimum absolute atomic E-state index is 0.142. The van der Waals surface area contributed by atoms with E-state index in [2.05, 4.69) is 5.32 Å². The number of hydrogen-bond acceptors (Lipinski definition) is 10. The zero-order chi connectivity index (χ0) is 29.0. The highest BCUT2D eigenvalue weighted by Gasteiger charge is 2.73. The van der Waals surface area contributed by atoms with Gasteiger partial charge >= 0.3 is 11.9 Å². The molecule has 0 aromatic heterocycles. The summed E-state index contributed by atoms with van der Waals surface area (Å²) in [5.74, 6) is -1.78. The van der Waals surface area contributed by atoms with Crippen molar-refractivity contribution in [2.45, 2.75) is 48.9 Å². The van der Waals surface area contributed by atoms with E-state index in [1.165, 1.54) is 21.1 Å². The standard InChI is InChI=1S/C27H30N2O10S/c1-16(30)39-26(36-4)27(2)22(25(33)38-14-17-10-12-18(35-3)13-11-17)29-23(32)21(24(29)40(27)34)28-20(31)15-37-19-8-6-5-7-9-19/h5-13,21-22,24,26H,14-15H2,1-4H3,(H,28,31)/t21-,22+,24-,26-,27-,40?/m1/s1. The van der Waals surface area contributed by atoms with Crippen molar-refractivity contribution in [2.75, 3.05) is 20.8 Å². The SMILES string of the molecule is COc1ccc(COC(=O)[C@@H]2N3C(=O)[C@@H](NC(=O)COc4ccccc4)[C@H]3S(=O)[C@@]2(C)[C@H](OC)OC(C)=O)cc1. The van der Waals surface area contributed by atoms with Crippen LogP contribution in [0.3, 0.4) is 0 Å². The normalized spacial score (nSPS) is 25.7. The number of rotatable bonds is 11. The molecule has 2 aromatic rings. The minimum Gasteiger partial charge on any atom is -0.497 e. The van der Waals surface area contributed by atoms with Crippen LogP contribution in [-0.4, -0.2) is 82.2 Å². The molecule has 12 nitrogen and oxygen atoms in total. The number of carbonyl (C=O) groups excluding carboxylic acids is 4. The van der Waals surface area contributed by atoms with Crippen molar-refractivity contribution < 1.29 is 47.1 Å². The predicted octanol–water partition coefficient (Wildman–Crippen LogP) is 0.896. The fourth-order valence-electron chi connectivity index (χ4n) is 4.72. The molecule has 40 heavy (non-hydrogen) atoms. The predicted molar refractivity (Wildman–Crippen MR) is 140 cm³/mol. The molecule has 2 aliphatic heterocycles. The van der Waals surface area contributed by atoms with Gasteiger partial charge in [0.15, 0.2) is 12.6 Å². The molecule has 2 amide bonds. The molecule has 2 aromatic carbocycles. The maximum absolute atomic E-state index is 13.9. The smallest absolute Gasteiger partial charge is 0.331 e. The van der Waals surface area contributed by atoms with Gasteiger partial charge in [-0.2, -0.15) is 0 Å². The largest absolute Gasteiger partial charge is 0.497 e. The second kappa shape index (κ2) is 12.0. The molecule has 1 unspecified atom stereocenters. The number of methoxy groups -OCH3 is 2. The maximum atomic E-state index is 13.9. The topological polar surface area (TPSA) is 147 Å². The third-order valence-corrected chi connectivity index (χ3v) is 8.92. The van der Waals surface area contributed by atoms with Crippen LogP contribution in [0.25, 0.3) is 0 Å². The second-order valence-electron chi connectivity index (χ2n) is 9.30. The molecule has 2 aliphatic rings. The fourth-order valence-corrected chi connectivity index (χ4v) is 6.87. The average Bonchev–Trinajstić information content (AvgIpc) is 3.17.